The van der Waals surface area contributed by atoms with Crippen molar-refractivity contribution in [2.45, 2.75) is 12.7 Å². The van der Waals surface area contributed by atoms with Crippen molar-refractivity contribution < 1.29 is 13.2 Å². The van der Waals surface area contributed by atoms with Crippen LogP contribution in [0.15, 0.2) is 30.5 Å². The first kappa shape index (κ1) is 11.8. The number of halogens is 3. The molecule has 0 aromatic carbocycles. The zero-order chi connectivity index (χ0) is 12.5. The van der Waals surface area contributed by atoms with Gasteiger partial charge in [0.05, 0.1) is 0 Å². The van der Waals surface area contributed by atoms with E-state index in [0.29, 0.717) is 15.3 Å². The van der Waals surface area contributed by atoms with Gasteiger partial charge >= 0.3 is 6.18 Å². The van der Waals surface area contributed by atoms with Gasteiger partial charge in [-0.3, -0.25) is 0 Å². The van der Waals surface area contributed by atoms with Crippen LogP contribution in [-0.2, 0) is 6.18 Å². The van der Waals surface area contributed by atoms with Crippen molar-refractivity contribution in [1.82, 2.24) is 14.8 Å². The lowest BCUT2D eigenvalue weighted by Crippen LogP contribution is -2.17. The Morgan fingerprint density at radius 3 is 2.59 bits per heavy atom. The number of aromatic nitrogens is 3. The van der Waals surface area contributed by atoms with Gasteiger partial charge in [-0.25, -0.2) is 9.67 Å². The number of alkyl halides is 3. The molecule has 0 aliphatic heterocycles. The summed E-state index contributed by atoms with van der Waals surface area (Å²) in [5.41, 5.74) is -0.913. The van der Waals surface area contributed by atoms with Crippen LogP contribution >= 0.6 is 0 Å². The van der Waals surface area contributed by atoms with Crippen LogP contribution in [0.1, 0.15) is 5.69 Å². The topological polar surface area (TPSA) is 30.7 Å². The first-order valence-corrected chi connectivity index (χ1v) is 6.29. The molecule has 2 aromatic rings. The summed E-state index contributed by atoms with van der Waals surface area (Å²) < 4.78 is 38.2. The summed E-state index contributed by atoms with van der Waals surface area (Å²) in [7, 11) is 0.493. The van der Waals surface area contributed by atoms with Crippen molar-refractivity contribution in [3.05, 3.63) is 36.2 Å². The van der Waals surface area contributed by atoms with E-state index < -0.39 is 11.9 Å². The molecule has 2 radical (unpaired) electrons. The minimum Gasteiger partial charge on any atom is -0.239 e. The van der Waals surface area contributed by atoms with E-state index >= 15 is 0 Å². The lowest BCUT2D eigenvalue weighted by atomic mass is 10.4. The number of rotatable bonds is 2. The molecule has 2 heterocycles. The molecule has 2 rings (SSSR count). The van der Waals surface area contributed by atoms with Crippen LogP contribution < -0.4 is 5.32 Å². The molecule has 0 saturated carbocycles. The van der Waals surface area contributed by atoms with Gasteiger partial charge in [0.1, 0.15) is 9.52 Å². The van der Waals surface area contributed by atoms with Gasteiger partial charge in [0.2, 0.25) is 0 Å². The summed E-state index contributed by atoms with van der Waals surface area (Å²) in [6.07, 6.45) is -3.16. The smallest absolute Gasteiger partial charge is 0.239 e. The molecule has 0 unspecified atom stereocenters. The second kappa shape index (κ2) is 4.32. The van der Waals surface area contributed by atoms with E-state index in [-0.39, 0.29) is 0 Å². The SMILES string of the molecule is C[Si]c1cccc(-n2ccc(C(F)(F)F)n2)n1. The van der Waals surface area contributed by atoms with E-state index in [0.717, 1.165) is 16.1 Å². The Hall–Kier alpha value is -1.63. The lowest BCUT2D eigenvalue weighted by molar-refractivity contribution is -0.141. The van der Waals surface area contributed by atoms with Gasteiger partial charge in [-0.05, 0) is 18.2 Å². The number of pyridine rings is 1. The quantitative estimate of drug-likeness (QED) is 0.764. The molecule has 7 heteroatoms. The van der Waals surface area contributed by atoms with Crippen molar-refractivity contribution in [3.8, 4) is 5.82 Å². The third-order valence-electron chi connectivity index (χ3n) is 2.10. The highest BCUT2D eigenvalue weighted by atomic mass is 28.2. The minimum atomic E-state index is -4.42. The molecule has 0 atom stereocenters. The number of hydrogen-bond donors (Lipinski definition) is 0. The summed E-state index contributed by atoms with van der Waals surface area (Å²) in [5, 5.41) is 4.30. The fourth-order valence-corrected chi connectivity index (χ4v) is 1.78. The fraction of sp³-hybridized carbons (Fsp3) is 0.200. The molecule has 0 aliphatic carbocycles. The van der Waals surface area contributed by atoms with E-state index in [1.165, 1.54) is 6.20 Å². The monoisotopic (exact) mass is 255 g/mol. The van der Waals surface area contributed by atoms with Crippen LogP contribution in [0.2, 0.25) is 6.55 Å². The van der Waals surface area contributed by atoms with E-state index in [9.17, 15) is 13.2 Å². The maximum Gasteiger partial charge on any atom is 0.435 e. The van der Waals surface area contributed by atoms with Crippen molar-refractivity contribution >= 4 is 14.8 Å². The van der Waals surface area contributed by atoms with Crippen LogP contribution in [0.3, 0.4) is 0 Å². The summed E-state index contributed by atoms with van der Waals surface area (Å²) in [6.45, 7) is 1.95. The van der Waals surface area contributed by atoms with Crippen LogP contribution in [0.4, 0.5) is 13.2 Å². The van der Waals surface area contributed by atoms with Crippen molar-refractivity contribution in [2.75, 3.05) is 0 Å². The lowest BCUT2D eigenvalue weighted by Gasteiger charge is -2.03. The third-order valence-corrected chi connectivity index (χ3v) is 2.90. The van der Waals surface area contributed by atoms with E-state index in [1.54, 1.807) is 12.1 Å². The van der Waals surface area contributed by atoms with Gasteiger partial charge < -0.3 is 0 Å². The highest BCUT2D eigenvalue weighted by molar-refractivity contribution is 6.50. The molecule has 0 saturated heterocycles. The predicted octanol–water partition coefficient (Wildman–Crippen LogP) is 1.66. The molecule has 0 fully saturated rings. The number of nitrogens with zero attached hydrogens (tertiary/aromatic N) is 3. The normalized spacial score (nSPS) is 11.8. The van der Waals surface area contributed by atoms with E-state index in [4.69, 9.17) is 0 Å². The van der Waals surface area contributed by atoms with Gasteiger partial charge in [-0.15, -0.1) is 0 Å². The molecule has 0 N–H and O–H groups in total. The van der Waals surface area contributed by atoms with Crippen molar-refractivity contribution in [1.29, 1.82) is 0 Å². The molecule has 0 aliphatic rings. The Bertz CT molecular complexity index is 522. The average Bonchev–Trinajstić information content (AvgIpc) is 2.78. The molecule has 0 amide bonds. The Labute approximate surface area is 98.1 Å². The Morgan fingerprint density at radius 1 is 1.24 bits per heavy atom. The Kier molecular flexibility index (Phi) is 3.01. The maximum atomic E-state index is 12.4. The molecule has 17 heavy (non-hydrogen) atoms. The first-order chi connectivity index (χ1) is 8.00. The second-order valence-electron chi connectivity index (χ2n) is 3.27. The van der Waals surface area contributed by atoms with Crippen LogP contribution in [0.5, 0.6) is 0 Å². The zero-order valence-corrected chi connectivity index (χ0v) is 9.86. The van der Waals surface area contributed by atoms with E-state index in [2.05, 4.69) is 10.1 Å². The average molecular weight is 255 g/mol. The van der Waals surface area contributed by atoms with Gasteiger partial charge in [0.25, 0.3) is 0 Å². The fourth-order valence-electron chi connectivity index (χ4n) is 1.29. The molecule has 88 valence electrons. The third kappa shape index (κ3) is 2.55. The molecule has 0 spiro atoms. The highest BCUT2D eigenvalue weighted by Crippen LogP contribution is 2.27. The number of hydrogen-bond acceptors (Lipinski definition) is 2. The van der Waals surface area contributed by atoms with Crippen LogP contribution in [0.25, 0.3) is 5.82 Å². The summed E-state index contributed by atoms with van der Waals surface area (Å²) >= 11 is 0. The van der Waals surface area contributed by atoms with Crippen molar-refractivity contribution in [3.63, 3.8) is 0 Å². The zero-order valence-electron chi connectivity index (χ0n) is 8.86. The standard InChI is InChI=1S/C10H8F3N3Si/c1-17-9-4-2-3-8(14-9)16-6-5-7(15-16)10(11,12)13/h2-6H,1H3. The maximum absolute atomic E-state index is 12.4. The van der Waals surface area contributed by atoms with Gasteiger partial charge in [0.15, 0.2) is 11.5 Å². The molecular formula is C10H8F3N3Si. The second-order valence-corrected chi connectivity index (χ2v) is 4.29. The molecular weight excluding hydrogens is 247 g/mol. The Morgan fingerprint density at radius 2 is 2.00 bits per heavy atom. The van der Waals surface area contributed by atoms with Crippen molar-refractivity contribution in [2.24, 2.45) is 0 Å². The molecule has 3 nitrogen and oxygen atoms in total. The summed E-state index contributed by atoms with van der Waals surface area (Å²) in [4.78, 5) is 4.20. The largest absolute Gasteiger partial charge is 0.435 e. The first-order valence-electron chi connectivity index (χ1n) is 4.79. The van der Waals surface area contributed by atoms with Gasteiger partial charge in [-0.1, -0.05) is 12.6 Å². The minimum absolute atomic E-state index is 0.396. The molecule has 2 aromatic heterocycles. The Balaban J connectivity index is 2.37. The van der Waals surface area contributed by atoms with Gasteiger partial charge in [0, 0.05) is 11.5 Å². The summed E-state index contributed by atoms with van der Waals surface area (Å²) in [6, 6.07) is 6.14. The predicted molar refractivity (Wildman–Crippen MR) is 57.6 cm³/mol. The van der Waals surface area contributed by atoms with E-state index in [1.807, 2.05) is 12.6 Å². The van der Waals surface area contributed by atoms with Crippen LogP contribution in [0, 0.1) is 0 Å². The highest BCUT2D eigenvalue weighted by Gasteiger charge is 2.33. The van der Waals surface area contributed by atoms with Crippen LogP contribution in [-0.4, -0.2) is 24.3 Å². The van der Waals surface area contributed by atoms with Gasteiger partial charge in [-0.2, -0.15) is 18.3 Å². The summed E-state index contributed by atoms with van der Waals surface area (Å²) in [5.74, 6) is 0.396. The molecule has 0 bridgehead atoms.